The highest BCUT2D eigenvalue weighted by Gasteiger charge is 2.10. The Morgan fingerprint density at radius 1 is 1.10 bits per heavy atom. The summed E-state index contributed by atoms with van der Waals surface area (Å²) in [4.78, 5) is 16.0. The SMILES string of the molecule is O=C(CSc1nc2ccccc2o1)OCc1ccccc1. The van der Waals surface area contributed by atoms with Crippen LogP contribution in [-0.4, -0.2) is 16.7 Å². The van der Waals surface area contributed by atoms with Crippen LogP contribution >= 0.6 is 11.8 Å². The van der Waals surface area contributed by atoms with Crippen molar-refractivity contribution < 1.29 is 13.9 Å². The summed E-state index contributed by atoms with van der Waals surface area (Å²) >= 11 is 1.24. The Kier molecular flexibility index (Phi) is 4.21. The molecule has 0 saturated carbocycles. The first-order valence-corrected chi connectivity index (χ1v) is 7.48. The van der Waals surface area contributed by atoms with Gasteiger partial charge in [0, 0.05) is 0 Å². The molecule has 2 aromatic carbocycles. The van der Waals surface area contributed by atoms with Crippen LogP contribution < -0.4 is 0 Å². The number of hydrogen-bond acceptors (Lipinski definition) is 5. The van der Waals surface area contributed by atoms with E-state index in [-0.39, 0.29) is 18.3 Å². The van der Waals surface area contributed by atoms with E-state index in [0.717, 1.165) is 16.7 Å². The van der Waals surface area contributed by atoms with Crippen molar-refractivity contribution in [1.82, 2.24) is 4.98 Å². The Labute approximate surface area is 126 Å². The summed E-state index contributed by atoms with van der Waals surface area (Å²) in [5.74, 6) is -0.106. The summed E-state index contributed by atoms with van der Waals surface area (Å²) in [6.45, 7) is 0.286. The molecule has 0 unspecified atom stereocenters. The van der Waals surface area contributed by atoms with Crippen LogP contribution in [0.1, 0.15) is 5.56 Å². The molecule has 1 heterocycles. The predicted octanol–water partition coefficient (Wildman–Crippen LogP) is 3.66. The summed E-state index contributed by atoms with van der Waals surface area (Å²) in [7, 11) is 0. The molecule has 4 nitrogen and oxygen atoms in total. The fourth-order valence-corrected chi connectivity index (χ4v) is 2.45. The van der Waals surface area contributed by atoms with Crippen LogP contribution in [0.4, 0.5) is 0 Å². The standard InChI is InChI=1S/C16H13NO3S/c18-15(19-10-12-6-2-1-3-7-12)11-21-16-17-13-8-4-5-9-14(13)20-16/h1-9H,10-11H2. The number of ether oxygens (including phenoxy) is 1. The molecule has 21 heavy (non-hydrogen) atoms. The maximum absolute atomic E-state index is 11.7. The zero-order valence-corrected chi connectivity index (χ0v) is 12.0. The first-order valence-electron chi connectivity index (χ1n) is 6.49. The van der Waals surface area contributed by atoms with Gasteiger partial charge in [0.2, 0.25) is 0 Å². The van der Waals surface area contributed by atoms with E-state index >= 15 is 0 Å². The summed E-state index contributed by atoms with van der Waals surface area (Å²) in [5.41, 5.74) is 2.48. The molecule has 0 bridgehead atoms. The molecular formula is C16H13NO3S. The second-order valence-electron chi connectivity index (χ2n) is 4.38. The van der Waals surface area contributed by atoms with Gasteiger partial charge in [0.05, 0.1) is 0 Å². The van der Waals surface area contributed by atoms with Crippen molar-refractivity contribution in [3.8, 4) is 0 Å². The van der Waals surface area contributed by atoms with Gasteiger partial charge in [0.15, 0.2) is 5.58 Å². The highest BCUT2D eigenvalue weighted by Crippen LogP contribution is 2.23. The van der Waals surface area contributed by atoms with Crippen molar-refractivity contribution in [2.75, 3.05) is 5.75 Å². The molecule has 3 aromatic rings. The number of thioether (sulfide) groups is 1. The summed E-state index contributed by atoms with van der Waals surface area (Å²) in [5, 5.41) is 0.480. The zero-order valence-electron chi connectivity index (χ0n) is 11.2. The van der Waals surface area contributed by atoms with E-state index < -0.39 is 0 Å². The Morgan fingerprint density at radius 3 is 2.67 bits per heavy atom. The van der Waals surface area contributed by atoms with Crippen LogP contribution in [-0.2, 0) is 16.1 Å². The van der Waals surface area contributed by atoms with Gasteiger partial charge in [-0.1, -0.05) is 54.2 Å². The van der Waals surface area contributed by atoms with Gasteiger partial charge in [0.1, 0.15) is 17.9 Å². The Morgan fingerprint density at radius 2 is 1.86 bits per heavy atom. The van der Waals surface area contributed by atoms with E-state index in [9.17, 15) is 4.79 Å². The van der Waals surface area contributed by atoms with E-state index in [0.29, 0.717) is 5.22 Å². The number of hydrogen-bond donors (Lipinski definition) is 0. The van der Waals surface area contributed by atoms with Gasteiger partial charge in [0.25, 0.3) is 5.22 Å². The molecule has 0 amide bonds. The molecule has 5 heteroatoms. The van der Waals surface area contributed by atoms with Crippen molar-refractivity contribution in [3.63, 3.8) is 0 Å². The van der Waals surface area contributed by atoms with Crippen molar-refractivity contribution in [2.24, 2.45) is 0 Å². The second-order valence-corrected chi connectivity index (χ2v) is 5.31. The third kappa shape index (κ3) is 3.64. The minimum absolute atomic E-state index is 0.180. The fourth-order valence-electron chi connectivity index (χ4n) is 1.81. The molecule has 0 spiro atoms. The molecule has 1 aromatic heterocycles. The molecular weight excluding hydrogens is 286 g/mol. The van der Waals surface area contributed by atoms with Gasteiger partial charge in [-0.3, -0.25) is 4.79 Å². The van der Waals surface area contributed by atoms with Gasteiger partial charge in [-0.15, -0.1) is 0 Å². The van der Waals surface area contributed by atoms with Crippen LogP contribution in [0.3, 0.4) is 0 Å². The number of rotatable bonds is 5. The topological polar surface area (TPSA) is 52.3 Å². The van der Waals surface area contributed by atoms with E-state index in [4.69, 9.17) is 9.15 Å². The summed E-state index contributed by atoms with van der Waals surface area (Å²) < 4.78 is 10.7. The molecule has 0 N–H and O–H groups in total. The third-order valence-corrected chi connectivity index (χ3v) is 3.63. The lowest BCUT2D eigenvalue weighted by Gasteiger charge is -2.03. The quantitative estimate of drug-likeness (QED) is 0.531. The molecule has 0 aliphatic carbocycles. The smallest absolute Gasteiger partial charge is 0.316 e. The maximum atomic E-state index is 11.7. The third-order valence-electron chi connectivity index (χ3n) is 2.83. The van der Waals surface area contributed by atoms with Crippen molar-refractivity contribution in [3.05, 3.63) is 60.2 Å². The van der Waals surface area contributed by atoms with Crippen molar-refractivity contribution in [2.45, 2.75) is 11.8 Å². The lowest BCUT2D eigenvalue weighted by Crippen LogP contribution is -2.07. The summed E-state index contributed by atoms with van der Waals surface area (Å²) in [6.07, 6.45) is 0. The van der Waals surface area contributed by atoms with Crippen LogP contribution in [0.25, 0.3) is 11.1 Å². The van der Waals surface area contributed by atoms with Crippen molar-refractivity contribution >= 4 is 28.8 Å². The fraction of sp³-hybridized carbons (Fsp3) is 0.125. The lowest BCUT2D eigenvalue weighted by molar-refractivity contribution is -0.141. The number of fused-ring (bicyclic) bond motifs is 1. The average Bonchev–Trinajstić information content (AvgIpc) is 2.95. The average molecular weight is 299 g/mol. The second kappa shape index (κ2) is 6.45. The van der Waals surface area contributed by atoms with Crippen LogP contribution in [0.5, 0.6) is 0 Å². The van der Waals surface area contributed by atoms with Gasteiger partial charge in [-0.05, 0) is 17.7 Å². The van der Waals surface area contributed by atoms with Crippen molar-refractivity contribution in [1.29, 1.82) is 0 Å². The van der Waals surface area contributed by atoms with Crippen LogP contribution in [0.15, 0.2) is 64.2 Å². The normalized spacial score (nSPS) is 10.7. The van der Waals surface area contributed by atoms with E-state index in [1.165, 1.54) is 11.8 Å². The molecule has 0 atom stereocenters. The number of aromatic nitrogens is 1. The largest absolute Gasteiger partial charge is 0.460 e. The molecule has 0 aliphatic heterocycles. The van der Waals surface area contributed by atoms with Crippen LogP contribution in [0, 0.1) is 0 Å². The summed E-state index contributed by atoms with van der Waals surface area (Å²) in [6, 6.07) is 17.1. The Hall–Kier alpha value is -2.27. The monoisotopic (exact) mass is 299 g/mol. The van der Waals surface area contributed by atoms with Gasteiger partial charge in [-0.2, -0.15) is 0 Å². The number of esters is 1. The molecule has 0 saturated heterocycles. The predicted molar refractivity (Wildman–Crippen MR) is 81.0 cm³/mol. The molecule has 3 rings (SSSR count). The zero-order chi connectivity index (χ0) is 14.5. The van der Waals surface area contributed by atoms with Gasteiger partial charge >= 0.3 is 5.97 Å². The Bertz CT molecular complexity index is 706. The van der Waals surface area contributed by atoms with E-state index in [1.807, 2.05) is 54.6 Å². The number of oxazole rings is 1. The molecule has 106 valence electrons. The van der Waals surface area contributed by atoms with Gasteiger partial charge in [-0.25, -0.2) is 4.98 Å². The Balaban J connectivity index is 1.51. The molecule has 0 aliphatic rings. The minimum Gasteiger partial charge on any atom is -0.460 e. The molecule has 0 radical (unpaired) electrons. The first-order chi connectivity index (χ1) is 10.3. The molecule has 0 fully saturated rings. The van der Waals surface area contributed by atoms with E-state index in [1.54, 1.807) is 0 Å². The lowest BCUT2D eigenvalue weighted by atomic mass is 10.2. The number of carbonyl (C=O) groups excluding carboxylic acids is 1. The number of nitrogens with zero attached hydrogens (tertiary/aromatic N) is 1. The van der Waals surface area contributed by atoms with Gasteiger partial charge < -0.3 is 9.15 Å². The number of carbonyl (C=O) groups is 1. The first kappa shape index (κ1) is 13.7. The van der Waals surface area contributed by atoms with E-state index in [2.05, 4.69) is 4.98 Å². The van der Waals surface area contributed by atoms with Crippen LogP contribution in [0.2, 0.25) is 0 Å². The highest BCUT2D eigenvalue weighted by molar-refractivity contribution is 7.99. The minimum atomic E-state index is -0.286. The maximum Gasteiger partial charge on any atom is 0.316 e. The number of para-hydroxylation sites is 2. The number of benzene rings is 2. The highest BCUT2D eigenvalue weighted by atomic mass is 32.2.